The second-order valence-electron chi connectivity index (χ2n) is 4.73. The number of unbranched alkanes of at least 4 members (excludes halogenated alkanes) is 2. The molecule has 0 aliphatic heterocycles. The van der Waals surface area contributed by atoms with Crippen molar-refractivity contribution in [3.63, 3.8) is 0 Å². The maximum atomic E-state index is 2.44. The van der Waals surface area contributed by atoms with E-state index in [1.165, 1.54) is 57.1 Å². The summed E-state index contributed by atoms with van der Waals surface area (Å²) in [7, 11) is 4.26. The van der Waals surface area contributed by atoms with Gasteiger partial charge in [0.1, 0.15) is 0 Å². The number of hydrogen-bond acceptors (Lipinski definition) is 2. The number of rotatable bonds is 7. The van der Waals surface area contributed by atoms with Gasteiger partial charge in [0, 0.05) is 11.0 Å². The van der Waals surface area contributed by atoms with Crippen molar-refractivity contribution in [2.45, 2.75) is 98.2 Å². The van der Waals surface area contributed by atoms with Crippen LogP contribution < -0.4 is 0 Å². The highest BCUT2D eigenvalue weighted by Crippen LogP contribution is 2.37. The van der Waals surface area contributed by atoms with E-state index >= 15 is 0 Å². The fourth-order valence-corrected chi connectivity index (χ4v) is 5.07. The summed E-state index contributed by atoms with van der Waals surface area (Å²) in [6.45, 7) is 12.7. The van der Waals surface area contributed by atoms with Gasteiger partial charge in [-0.25, -0.2) is 0 Å². The smallest absolute Gasteiger partial charge is 0.0151 e. The van der Waals surface area contributed by atoms with Crippen LogP contribution in [0.25, 0.3) is 0 Å². The SMILES string of the molecule is CC.CC.CCCCCSSC(C)C1CCCCC1. The second kappa shape index (κ2) is 18.7. The predicted octanol–water partition coefficient (Wildman–Crippen LogP) is 7.58. The van der Waals surface area contributed by atoms with Crippen LogP contribution in [0.1, 0.15) is 92.9 Å². The molecule has 0 nitrogen and oxygen atoms in total. The Kier molecular flexibility index (Phi) is 21.6. The van der Waals surface area contributed by atoms with Gasteiger partial charge in [-0.15, -0.1) is 0 Å². The standard InChI is InChI=1S/C13H26S2.2C2H6/c1-3-4-8-11-14-15-12(2)13-9-6-5-7-10-13;2*1-2/h12-13H,3-11H2,1-2H3;2*1-2H3. The van der Waals surface area contributed by atoms with Gasteiger partial charge >= 0.3 is 0 Å². The molecule has 0 bridgehead atoms. The maximum Gasteiger partial charge on any atom is 0.0151 e. The topological polar surface area (TPSA) is 0 Å². The highest BCUT2D eigenvalue weighted by molar-refractivity contribution is 8.76. The van der Waals surface area contributed by atoms with Crippen molar-refractivity contribution in [2.24, 2.45) is 5.92 Å². The van der Waals surface area contributed by atoms with Crippen LogP contribution in [-0.2, 0) is 0 Å². The minimum absolute atomic E-state index is 0.886. The minimum atomic E-state index is 0.886. The quantitative estimate of drug-likeness (QED) is 0.351. The van der Waals surface area contributed by atoms with E-state index < -0.39 is 0 Å². The van der Waals surface area contributed by atoms with Crippen LogP contribution in [0.15, 0.2) is 0 Å². The van der Waals surface area contributed by atoms with Crippen LogP contribution in [0.4, 0.5) is 0 Å². The number of hydrogen-bond donors (Lipinski definition) is 0. The molecule has 1 unspecified atom stereocenters. The van der Waals surface area contributed by atoms with E-state index in [4.69, 9.17) is 0 Å². The summed E-state index contributed by atoms with van der Waals surface area (Å²) in [6, 6.07) is 0. The molecule has 0 aromatic rings. The van der Waals surface area contributed by atoms with E-state index in [0.29, 0.717) is 0 Å². The monoisotopic (exact) mass is 306 g/mol. The van der Waals surface area contributed by atoms with Gasteiger partial charge < -0.3 is 0 Å². The zero-order chi connectivity index (χ0) is 14.9. The normalized spacial score (nSPS) is 16.7. The van der Waals surface area contributed by atoms with E-state index in [0.717, 1.165) is 11.2 Å². The lowest BCUT2D eigenvalue weighted by atomic mass is 9.87. The first-order chi connectivity index (χ1) is 9.34. The molecule has 0 aromatic heterocycles. The molecule has 0 spiro atoms. The summed E-state index contributed by atoms with van der Waals surface area (Å²) in [5.41, 5.74) is 0. The van der Waals surface area contributed by atoms with Gasteiger partial charge in [-0.1, -0.05) is 95.2 Å². The third-order valence-electron chi connectivity index (χ3n) is 3.36. The first-order valence-corrected chi connectivity index (χ1v) is 11.0. The Bertz CT molecular complexity index is 142. The molecule has 0 heterocycles. The Labute approximate surface area is 131 Å². The largest absolute Gasteiger partial charge is 0.0939 e. The fraction of sp³-hybridized carbons (Fsp3) is 1.00. The third kappa shape index (κ3) is 13.4. The molecule has 1 aliphatic carbocycles. The molecule has 0 aromatic carbocycles. The van der Waals surface area contributed by atoms with Crippen LogP contribution in [0.3, 0.4) is 0 Å². The molecule has 0 amide bonds. The van der Waals surface area contributed by atoms with Crippen molar-refractivity contribution in [1.29, 1.82) is 0 Å². The van der Waals surface area contributed by atoms with Gasteiger partial charge in [-0.05, 0) is 25.2 Å². The Morgan fingerprint density at radius 3 is 2.05 bits per heavy atom. The summed E-state index contributed by atoms with van der Waals surface area (Å²) in [5.74, 6) is 2.37. The molecule has 0 saturated heterocycles. The van der Waals surface area contributed by atoms with Gasteiger partial charge in [0.25, 0.3) is 0 Å². The molecule has 2 heteroatoms. The molecule has 0 radical (unpaired) electrons. The van der Waals surface area contributed by atoms with E-state index in [-0.39, 0.29) is 0 Å². The van der Waals surface area contributed by atoms with Crippen LogP contribution in [-0.4, -0.2) is 11.0 Å². The third-order valence-corrected chi connectivity index (χ3v) is 6.46. The van der Waals surface area contributed by atoms with E-state index in [9.17, 15) is 0 Å². The lowest BCUT2D eigenvalue weighted by molar-refractivity contribution is 0.357. The summed E-state index contributed by atoms with van der Waals surface area (Å²) in [6.07, 6.45) is 11.6. The van der Waals surface area contributed by atoms with Crippen LogP contribution in [0.2, 0.25) is 0 Å². The highest BCUT2D eigenvalue weighted by atomic mass is 33.1. The fourth-order valence-electron chi connectivity index (χ4n) is 2.25. The van der Waals surface area contributed by atoms with Crippen molar-refractivity contribution in [3.8, 4) is 0 Å². The zero-order valence-corrected chi connectivity index (χ0v) is 16.0. The molecule has 19 heavy (non-hydrogen) atoms. The molecule has 1 saturated carbocycles. The van der Waals surface area contributed by atoms with Gasteiger partial charge in [-0.2, -0.15) is 0 Å². The minimum Gasteiger partial charge on any atom is -0.0939 e. The van der Waals surface area contributed by atoms with Gasteiger partial charge in [0.2, 0.25) is 0 Å². The zero-order valence-electron chi connectivity index (χ0n) is 14.3. The second-order valence-corrected chi connectivity index (χ2v) is 7.59. The molecule has 118 valence electrons. The molecule has 1 aliphatic rings. The lowest BCUT2D eigenvalue weighted by Crippen LogP contribution is -2.16. The van der Waals surface area contributed by atoms with Crippen LogP contribution in [0, 0.1) is 5.92 Å². The van der Waals surface area contributed by atoms with Crippen molar-refractivity contribution >= 4 is 21.6 Å². The summed E-state index contributed by atoms with van der Waals surface area (Å²) in [4.78, 5) is 0. The van der Waals surface area contributed by atoms with Crippen LogP contribution >= 0.6 is 21.6 Å². The van der Waals surface area contributed by atoms with Crippen molar-refractivity contribution in [1.82, 2.24) is 0 Å². The Morgan fingerprint density at radius 2 is 1.53 bits per heavy atom. The van der Waals surface area contributed by atoms with E-state index in [1.807, 2.05) is 27.7 Å². The molecular weight excluding hydrogens is 268 g/mol. The summed E-state index contributed by atoms with van der Waals surface area (Å²) >= 11 is 0. The first kappa shape index (κ1) is 22.0. The molecule has 1 atom stereocenters. The summed E-state index contributed by atoms with van der Waals surface area (Å²) < 4.78 is 0. The molecule has 0 N–H and O–H groups in total. The Morgan fingerprint density at radius 1 is 0.947 bits per heavy atom. The maximum absolute atomic E-state index is 2.44. The Hall–Kier alpha value is 0.700. The highest BCUT2D eigenvalue weighted by Gasteiger charge is 2.20. The van der Waals surface area contributed by atoms with E-state index in [2.05, 4.69) is 35.4 Å². The van der Waals surface area contributed by atoms with Gasteiger partial charge in [-0.3, -0.25) is 0 Å². The average Bonchev–Trinajstić information content (AvgIpc) is 2.52. The van der Waals surface area contributed by atoms with Crippen molar-refractivity contribution in [2.75, 3.05) is 5.75 Å². The molecule has 1 fully saturated rings. The predicted molar refractivity (Wildman–Crippen MR) is 98.3 cm³/mol. The Balaban J connectivity index is 0. The first-order valence-electron chi connectivity index (χ1n) is 8.63. The van der Waals surface area contributed by atoms with Gasteiger partial charge in [0.15, 0.2) is 0 Å². The molecule has 1 rings (SSSR count). The van der Waals surface area contributed by atoms with Gasteiger partial charge in [0.05, 0.1) is 0 Å². The summed E-state index contributed by atoms with van der Waals surface area (Å²) in [5, 5.41) is 0.886. The van der Waals surface area contributed by atoms with E-state index in [1.54, 1.807) is 0 Å². The molecular formula is C17H38S2. The lowest BCUT2D eigenvalue weighted by Gasteiger charge is -2.26. The van der Waals surface area contributed by atoms with Crippen molar-refractivity contribution in [3.05, 3.63) is 0 Å². The van der Waals surface area contributed by atoms with Crippen LogP contribution in [0.5, 0.6) is 0 Å². The average molecular weight is 307 g/mol. The van der Waals surface area contributed by atoms with Crippen molar-refractivity contribution < 1.29 is 0 Å².